The van der Waals surface area contributed by atoms with Crippen molar-refractivity contribution in [1.29, 1.82) is 0 Å². The number of hydrogen-bond acceptors (Lipinski definition) is 3. The van der Waals surface area contributed by atoms with Gasteiger partial charge in [-0.25, -0.2) is 9.98 Å². The Bertz CT molecular complexity index is 511. The summed E-state index contributed by atoms with van der Waals surface area (Å²) in [5.74, 6) is 2.85. The average Bonchev–Trinajstić information content (AvgIpc) is 3.35. The van der Waals surface area contributed by atoms with Crippen LogP contribution in [0.2, 0.25) is 0 Å². The molecule has 0 radical (unpaired) electrons. The summed E-state index contributed by atoms with van der Waals surface area (Å²) in [5.41, 5.74) is 1.11. The van der Waals surface area contributed by atoms with Crippen molar-refractivity contribution < 1.29 is 4.74 Å². The minimum absolute atomic E-state index is 0.377. The van der Waals surface area contributed by atoms with Gasteiger partial charge in [0, 0.05) is 24.8 Å². The predicted molar refractivity (Wildman–Crippen MR) is 94.7 cm³/mol. The van der Waals surface area contributed by atoms with E-state index in [1.54, 1.807) is 6.20 Å². The number of rotatable bonds is 8. The second-order valence-corrected chi connectivity index (χ2v) is 6.63. The summed E-state index contributed by atoms with van der Waals surface area (Å²) in [6.07, 6.45) is 4.37. The lowest BCUT2D eigenvalue weighted by Crippen LogP contribution is -2.44. The van der Waals surface area contributed by atoms with Crippen LogP contribution in [-0.4, -0.2) is 30.1 Å². The molecule has 23 heavy (non-hydrogen) atoms. The standard InChI is InChI=1S/C18H30N4O/c1-5-19-18(22-14(4)13(2)3)21-11-16-8-9-20-17(10-16)23-12-15-6-7-15/h8-10,13-15H,5-7,11-12H2,1-4H3,(H2,19,21,22). The van der Waals surface area contributed by atoms with Crippen LogP contribution in [0.4, 0.5) is 0 Å². The van der Waals surface area contributed by atoms with Crippen LogP contribution in [0.1, 0.15) is 46.1 Å². The second kappa shape index (κ2) is 8.75. The first-order valence-corrected chi connectivity index (χ1v) is 8.71. The summed E-state index contributed by atoms with van der Waals surface area (Å²) in [4.78, 5) is 8.94. The SMILES string of the molecule is CCNC(=NCc1ccnc(OCC2CC2)c1)NC(C)C(C)C. The zero-order chi connectivity index (χ0) is 16.7. The molecule has 1 aromatic heterocycles. The molecule has 0 aliphatic heterocycles. The molecule has 0 amide bonds. The third-order valence-electron chi connectivity index (χ3n) is 4.09. The van der Waals surface area contributed by atoms with Crippen LogP contribution in [-0.2, 0) is 6.54 Å². The average molecular weight is 318 g/mol. The van der Waals surface area contributed by atoms with Crippen molar-refractivity contribution in [3.8, 4) is 5.88 Å². The Morgan fingerprint density at radius 2 is 2.17 bits per heavy atom. The third kappa shape index (κ3) is 6.47. The highest BCUT2D eigenvalue weighted by atomic mass is 16.5. The molecule has 1 atom stereocenters. The van der Waals surface area contributed by atoms with Crippen LogP contribution in [0.5, 0.6) is 5.88 Å². The van der Waals surface area contributed by atoms with E-state index in [1.165, 1.54) is 12.8 Å². The Hall–Kier alpha value is -1.78. The van der Waals surface area contributed by atoms with E-state index in [1.807, 2.05) is 12.1 Å². The smallest absolute Gasteiger partial charge is 0.213 e. The lowest BCUT2D eigenvalue weighted by molar-refractivity contribution is 0.288. The Morgan fingerprint density at radius 1 is 1.39 bits per heavy atom. The Morgan fingerprint density at radius 3 is 2.83 bits per heavy atom. The quantitative estimate of drug-likeness (QED) is 0.571. The van der Waals surface area contributed by atoms with Gasteiger partial charge in [0.25, 0.3) is 0 Å². The lowest BCUT2D eigenvalue weighted by atomic mass is 10.1. The van der Waals surface area contributed by atoms with Crippen molar-refractivity contribution >= 4 is 5.96 Å². The van der Waals surface area contributed by atoms with Gasteiger partial charge in [-0.05, 0) is 50.2 Å². The van der Waals surface area contributed by atoms with E-state index < -0.39 is 0 Å². The Labute approximate surface area is 139 Å². The maximum Gasteiger partial charge on any atom is 0.213 e. The fraction of sp³-hybridized carbons (Fsp3) is 0.667. The highest BCUT2D eigenvalue weighted by Gasteiger charge is 2.22. The first-order chi connectivity index (χ1) is 11.1. The molecule has 0 spiro atoms. The van der Waals surface area contributed by atoms with Gasteiger partial charge in [0.2, 0.25) is 5.88 Å². The maximum absolute atomic E-state index is 5.73. The third-order valence-corrected chi connectivity index (χ3v) is 4.09. The van der Waals surface area contributed by atoms with Crippen molar-refractivity contribution in [2.24, 2.45) is 16.8 Å². The fourth-order valence-electron chi connectivity index (χ4n) is 1.99. The van der Waals surface area contributed by atoms with E-state index in [4.69, 9.17) is 4.74 Å². The maximum atomic E-state index is 5.73. The molecule has 0 saturated heterocycles. The first-order valence-electron chi connectivity index (χ1n) is 8.71. The first kappa shape index (κ1) is 17.6. The number of hydrogen-bond donors (Lipinski definition) is 2. The molecule has 1 fully saturated rings. The van der Waals surface area contributed by atoms with E-state index in [-0.39, 0.29) is 0 Å². The summed E-state index contributed by atoms with van der Waals surface area (Å²) in [6, 6.07) is 4.35. The number of guanidine groups is 1. The summed E-state index contributed by atoms with van der Waals surface area (Å²) in [7, 11) is 0. The number of aromatic nitrogens is 1. The molecule has 1 aliphatic rings. The van der Waals surface area contributed by atoms with Crippen molar-refractivity contribution in [2.45, 2.75) is 53.1 Å². The van der Waals surface area contributed by atoms with Gasteiger partial charge in [-0.3, -0.25) is 0 Å². The van der Waals surface area contributed by atoms with Gasteiger partial charge in [-0.2, -0.15) is 0 Å². The molecule has 0 aromatic carbocycles. The van der Waals surface area contributed by atoms with Crippen LogP contribution in [0, 0.1) is 11.8 Å². The summed E-state index contributed by atoms with van der Waals surface area (Å²) in [6.45, 7) is 10.9. The van der Waals surface area contributed by atoms with E-state index in [0.717, 1.165) is 30.6 Å². The van der Waals surface area contributed by atoms with Gasteiger partial charge in [0.1, 0.15) is 0 Å². The molecule has 1 unspecified atom stereocenters. The zero-order valence-electron chi connectivity index (χ0n) is 14.8. The Balaban J connectivity index is 1.92. The van der Waals surface area contributed by atoms with E-state index >= 15 is 0 Å². The second-order valence-electron chi connectivity index (χ2n) is 6.63. The van der Waals surface area contributed by atoms with Crippen LogP contribution < -0.4 is 15.4 Å². The van der Waals surface area contributed by atoms with Crippen molar-refractivity contribution in [2.75, 3.05) is 13.2 Å². The minimum atomic E-state index is 0.377. The van der Waals surface area contributed by atoms with Gasteiger partial charge in [0.05, 0.1) is 13.2 Å². The highest BCUT2D eigenvalue weighted by Crippen LogP contribution is 2.29. The Kier molecular flexibility index (Phi) is 6.68. The number of nitrogens with one attached hydrogen (secondary N) is 2. The van der Waals surface area contributed by atoms with Crippen LogP contribution in [0.25, 0.3) is 0 Å². The molecule has 1 heterocycles. The molecule has 2 N–H and O–H groups in total. The van der Waals surface area contributed by atoms with Crippen LogP contribution in [0.3, 0.4) is 0 Å². The molecule has 0 bridgehead atoms. The van der Waals surface area contributed by atoms with Crippen molar-refractivity contribution in [1.82, 2.24) is 15.6 Å². The number of aliphatic imine (C=N–C) groups is 1. The normalized spacial score (nSPS) is 16.3. The molecular weight excluding hydrogens is 288 g/mol. The summed E-state index contributed by atoms with van der Waals surface area (Å²) < 4.78 is 5.73. The van der Waals surface area contributed by atoms with Gasteiger partial charge >= 0.3 is 0 Å². The highest BCUT2D eigenvalue weighted by molar-refractivity contribution is 5.80. The monoisotopic (exact) mass is 318 g/mol. The minimum Gasteiger partial charge on any atom is -0.477 e. The van der Waals surface area contributed by atoms with Gasteiger partial charge in [-0.1, -0.05) is 13.8 Å². The lowest BCUT2D eigenvalue weighted by Gasteiger charge is -2.20. The van der Waals surface area contributed by atoms with Gasteiger partial charge in [-0.15, -0.1) is 0 Å². The van der Waals surface area contributed by atoms with Gasteiger partial charge in [0.15, 0.2) is 5.96 Å². The van der Waals surface area contributed by atoms with Crippen molar-refractivity contribution in [3.05, 3.63) is 23.9 Å². The largest absolute Gasteiger partial charge is 0.477 e. The number of nitrogens with zero attached hydrogens (tertiary/aromatic N) is 2. The van der Waals surface area contributed by atoms with Crippen LogP contribution >= 0.6 is 0 Å². The molecule has 2 rings (SSSR count). The summed E-state index contributed by atoms with van der Waals surface area (Å²) >= 11 is 0. The molecule has 1 saturated carbocycles. The van der Waals surface area contributed by atoms with E-state index in [0.29, 0.717) is 24.4 Å². The molecule has 5 heteroatoms. The van der Waals surface area contributed by atoms with E-state index in [2.05, 4.69) is 48.3 Å². The molecule has 128 valence electrons. The molecule has 1 aromatic rings. The summed E-state index contributed by atoms with van der Waals surface area (Å²) in [5, 5.41) is 6.74. The zero-order valence-corrected chi connectivity index (χ0v) is 14.8. The van der Waals surface area contributed by atoms with Crippen molar-refractivity contribution in [3.63, 3.8) is 0 Å². The molecule has 5 nitrogen and oxygen atoms in total. The number of ether oxygens (including phenoxy) is 1. The fourth-order valence-corrected chi connectivity index (χ4v) is 1.99. The number of pyridine rings is 1. The molecule has 1 aliphatic carbocycles. The van der Waals surface area contributed by atoms with E-state index in [9.17, 15) is 0 Å². The molecular formula is C18H30N4O. The van der Waals surface area contributed by atoms with Crippen LogP contribution in [0.15, 0.2) is 23.3 Å². The predicted octanol–water partition coefficient (Wildman–Crippen LogP) is 2.97. The van der Waals surface area contributed by atoms with Gasteiger partial charge < -0.3 is 15.4 Å². The topological polar surface area (TPSA) is 58.5 Å².